The largest absolute Gasteiger partial charge is 0.348 e. The average molecular weight is 351 g/mol. The van der Waals surface area contributed by atoms with Crippen molar-refractivity contribution in [3.63, 3.8) is 0 Å². The summed E-state index contributed by atoms with van der Waals surface area (Å²) in [6.07, 6.45) is 4.38. The van der Waals surface area contributed by atoms with Gasteiger partial charge in [0, 0.05) is 19.4 Å². The lowest BCUT2D eigenvalue weighted by atomic mass is 9.99. The molecule has 1 atom stereocenters. The van der Waals surface area contributed by atoms with Gasteiger partial charge in [-0.3, -0.25) is 4.79 Å². The van der Waals surface area contributed by atoms with Gasteiger partial charge in [-0.1, -0.05) is 72.4 Å². The maximum Gasteiger partial charge on any atom is 0.230 e. The van der Waals surface area contributed by atoms with Crippen molar-refractivity contribution in [1.82, 2.24) is 14.9 Å². The number of hydrogen-bond acceptors (Lipinski definition) is 3. The number of rotatable bonds is 7. The second kappa shape index (κ2) is 8.53. The number of carbonyl (C=O) groups is 1. The summed E-state index contributed by atoms with van der Waals surface area (Å²) in [6, 6.07) is 20.3. The summed E-state index contributed by atoms with van der Waals surface area (Å²) in [5, 5.41) is 4.01. The molecule has 128 valence electrons. The standard InChI is InChI=1S/C20H21N3OS/c1-23-13-12-21-20(23)25-15-19(24)22-18(17-10-6-3-7-11-17)14-16-8-4-2-5-9-16/h2-13,18H,14-15H2,1H3,(H,22,24). The molecule has 1 unspecified atom stereocenters. The molecule has 1 amide bonds. The third kappa shape index (κ3) is 4.97. The number of carbonyl (C=O) groups excluding carboxylic acids is 1. The van der Waals surface area contributed by atoms with Crippen molar-refractivity contribution in [1.29, 1.82) is 0 Å². The van der Waals surface area contributed by atoms with Gasteiger partial charge in [0.15, 0.2) is 5.16 Å². The Morgan fingerprint density at radius 1 is 1.12 bits per heavy atom. The van der Waals surface area contributed by atoms with Gasteiger partial charge in [0.25, 0.3) is 0 Å². The lowest BCUT2D eigenvalue weighted by molar-refractivity contribution is -0.119. The smallest absolute Gasteiger partial charge is 0.230 e. The molecular formula is C20H21N3OS. The first-order valence-corrected chi connectivity index (χ1v) is 9.19. The zero-order chi connectivity index (χ0) is 17.5. The quantitative estimate of drug-likeness (QED) is 0.662. The molecule has 0 aliphatic carbocycles. The minimum Gasteiger partial charge on any atom is -0.348 e. The van der Waals surface area contributed by atoms with Crippen LogP contribution in [0.1, 0.15) is 17.2 Å². The summed E-state index contributed by atoms with van der Waals surface area (Å²) < 4.78 is 1.91. The molecule has 3 aromatic rings. The summed E-state index contributed by atoms with van der Waals surface area (Å²) in [4.78, 5) is 16.7. The van der Waals surface area contributed by atoms with Gasteiger partial charge >= 0.3 is 0 Å². The Bertz CT molecular complexity index is 802. The molecule has 1 heterocycles. The molecule has 0 fully saturated rings. The lowest BCUT2D eigenvalue weighted by Crippen LogP contribution is -2.31. The summed E-state index contributed by atoms with van der Waals surface area (Å²) in [6.45, 7) is 0. The number of amides is 1. The predicted octanol–water partition coefficient (Wildman–Crippen LogP) is 3.61. The first-order chi connectivity index (χ1) is 12.2. The van der Waals surface area contributed by atoms with Crippen LogP contribution < -0.4 is 5.32 Å². The number of nitrogens with one attached hydrogen (secondary N) is 1. The molecule has 2 aromatic carbocycles. The molecule has 0 saturated heterocycles. The Morgan fingerprint density at radius 2 is 1.80 bits per heavy atom. The Morgan fingerprint density at radius 3 is 2.44 bits per heavy atom. The number of nitrogens with zero attached hydrogens (tertiary/aromatic N) is 2. The Kier molecular flexibility index (Phi) is 5.90. The maximum absolute atomic E-state index is 12.5. The van der Waals surface area contributed by atoms with E-state index < -0.39 is 0 Å². The van der Waals surface area contributed by atoms with E-state index in [4.69, 9.17) is 0 Å². The molecule has 0 aliphatic rings. The highest BCUT2D eigenvalue weighted by Crippen LogP contribution is 2.20. The van der Waals surface area contributed by atoms with Crippen LogP contribution in [0.25, 0.3) is 0 Å². The van der Waals surface area contributed by atoms with Crippen molar-refractivity contribution in [2.45, 2.75) is 17.6 Å². The van der Waals surface area contributed by atoms with E-state index in [0.29, 0.717) is 5.75 Å². The van der Waals surface area contributed by atoms with Crippen LogP contribution in [-0.2, 0) is 18.3 Å². The minimum absolute atomic E-state index is 0.0118. The van der Waals surface area contributed by atoms with Crippen molar-refractivity contribution in [2.75, 3.05) is 5.75 Å². The first kappa shape index (κ1) is 17.3. The molecule has 4 nitrogen and oxygen atoms in total. The minimum atomic E-state index is -0.0435. The monoisotopic (exact) mass is 351 g/mol. The molecule has 1 N–H and O–H groups in total. The SMILES string of the molecule is Cn1ccnc1SCC(=O)NC(Cc1ccccc1)c1ccccc1. The van der Waals surface area contributed by atoms with E-state index in [-0.39, 0.29) is 11.9 Å². The van der Waals surface area contributed by atoms with E-state index in [2.05, 4.69) is 34.6 Å². The fourth-order valence-electron chi connectivity index (χ4n) is 2.64. The van der Waals surface area contributed by atoms with Gasteiger partial charge in [-0.25, -0.2) is 4.98 Å². The average Bonchev–Trinajstić information content (AvgIpc) is 3.06. The zero-order valence-electron chi connectivity index (χ0n) is 14.1. The number of aromatic nitrogens is 2. The van der Waals surface area contributed by atoms with Crippen molar-refractivity contribution < 1.29 is 4.79 Å². The van der Waals surface area contributed by atoms with Crippen LogP contribution >= 0.6 is 11.8 Å². The summed E-state index contributed by atoms with van der Waals surface area (Å²) in [5.41, 5.74) is 2.31. The molecular weight excluding hydrogens is 330 g/mol. The molecule has 0 radical (unpaired) electrons. The molecule has 0 bridgehead atoms. The Labute approximate surface area is 152 Å². The molecule has 0 saturated carbocycles. The van der Waals surface area contributed by atoms with Crippen LogP contribution in [0.2, 0.25) is 0 Å². The molecule has 1 aromatic heterocycles. The lowest BCUT2D eigenvalue weighted by Gasteiger charge is -2.19. The first-order valence-electron chi connectivity index (χ1n) is 8.21. The third-order valence-corrected chi connectivity index (χ3v) is 4.99. The van der Waals surface area contributed by atoms with Crippen molar-refractivity contribution >= 4 is 17.7 Å². The van der Waals surface area contributed by atoms with E-state index in [1.807, 2.05) is 54.2 Å². The van der Waals surface area contributed by atoms with Crippen molar-refractivity contribution in [2.24, 2.45) is 7.05 Å². The molecule has 5 heteroatoms. The van der Waals surface area contributed by atoms with Gasteiger partial charge in [0.1, 0.15) is 0 Å². The van der Waals surface area contributed by atoms with Gasteiger partial charge in [-0.2, -0.15) is 0 Å². The van der Waals surface area contributed by atoms with Crippen LogP contribution in [-0.4, -0.2) is 21.2 Å². The van der Waals surface area contributed by atoms with E-state index in [1.165, 1.54) is 17.3 Å². The normalized spacial score (nSPS) is 11.9. The summed E-state index contributed by atoms with van der Waals surface area (Å²) in [7, 11) is 1.93. The van der Waals surface area contributed by atoms with Gasteiger partial charge < -0.3 is 9.88 Å². The van der Waals surface area contributed by atoms with E-state index in [1.54, 1.807) is 6.20 Å². The highest BCUT2D eigenvalue weighted by Gasteiger charge is 2.16. The van der Waals surface area contributed by atoms with Gasteiger partial charge in [-0.15, -0.1) is 0 Å². The fraction of sp³-hybridized carbons (Fsp3) is 0.200. The maximum atomic E-state index is 12.5. The van der Waals surface area contributed by atoms with Crippen molar-refractivity contribution in [3.05, 3.63) is 84.2 Å². The van der Waals surface area contributed by atoms with E-state index >= 15 is 0 Å². The van der Waals surface area contributed by atoms with Crippen LogP contribution in [0.3, 0.4) is 0 Å². The molecule has 25 heavy (non-hydrogen) atoms. The van der Waals surface area contributed by atoms with Crippen molar-refractivity contribution in [3.8, 4) is 0 Å². The van der Waals surface area contributed by atoms with E-state index in [0.717, 1.165) is 17.1 Å². The number of thioether (sulfide) groups is 1. The van der Waals surface area contributed by atoms with Crippen LogP contribution in [0.15, 0.2) is 78.2 Å². The molecule has 0 spiro atoms. The van der Waals surface area contributed by atoms with Gasteiger partial charge in [0.2, 0.25) is 5.91 Å². The number of hydrogen-bond donors (Lipinski definition) is 1. The number of aryl methyl sites for hydroxylation is 1. The fourth-order valence-corrected chi connectivity index (χ4v) is 3.39. The Hall–Kier alpha value is -2.53. The van der Waals surface area contributed by atoms with Gasteiger partial charge in [-0.05, 0) is 17.5 Å². The predicted molar refractivity (Wildman–Crippen MR) is 101 cm³/mol. The topological polar surface area (TPSA) is 46.9 Å². The third-order valence-electron chi connectivity index (χ3n) is 3.93. The second-order valence-corrected chi connectivity index (χ2v) is 6.77. The van der Waals surface area contributed by atoms with E-state index in [9.17, 15) is 4.79 Å². The highest BCUT2D eigenvalue weighted by atomic mass is 32.2. The second-order valence-electron chi connectivity index (χ2n) is 5.83. The van der Waals surface area contributed by atoms with Crippen LogP contribution in [0, 0.1) is 0 Å². The zero-order valence-corrected chi connectivity index (χ0v) is 14.9. The number of benzene rings is 2. The molecule has 3 rings (SSSR count). The molecule has 0 aliphatic heterocycles. The summed E-state index contributed by atoms with van der Waals surface area (Å²) in [5.74, 6) is 0.362. The van der Waals surface area contributed by atoms with Crippen LogP contribution in [0.5, 0.6) is 0 Å². The Balaban J connectivity index is 1.66. The number of imidazole rings is 1. The van der Waals surface area contributed by atoms with Gasteiger partial charge in [0.05, 0.1) is 11.8 Å². The van der Waals surface area contributed by atoms with Crippen LogP contribution in [0.4, 0.5) is 0 Å². The highest BCUT2D eigenvalue weighted by molar-refractivity contribution is 7.99. The summed E-state index contributed by atoms with van der Waals surface area (Å²) >= 11 is 1.45.